The molecule has 0 fully saturated rings. The summed E-state index contributed by atoms with van der Waals surface area (Å²) in [5.74, 6) is -0.824. The average molecular weight is 209 g/mol. The highest BCUT2D eigenvalue weighted by Gasteiger charge is 2.19. The molecule has 15 heavy (non-hydrogen) atoms. The molecule has 1 aromatic rings. The molecule has 0 amide bonds. The van der Waals surface area contributed by atoms with Crippen LogP contribution in [-0.2, 0) is 4.79 Å². The first-order valence-electron chi connectivity index (χ1n) is 4.68. The number of aryl methyl sites for hydroxylation is 1. The molecule has 1 aromatic carbocycles. The quantitative estimate of drug-likeness (QED) is 0.794. The van der Waals surface area contributed by atoms with Crippen molar-refractivity contribution in [2.24, 2.45) is 0 Å². The van der Waals surface area contributed by atoms with Crippen molar-refractivity contribution in [3.63, 3.8) is 0 Å². The maximum atomic E-state index is 10.8. The summed E-state index contributed by atoms with van der Waals surface area (Å²) >= 11 is 0. The molecule has 1 atom stereocenters. The van der Waals surface area contributed by atoms with Crippen LogP contribution in [0.3, 0.4) is 0 Å². The van der Waals surface area contributed by atoms with E-state index in [9.17, 15) is 9.90 Å². The topological polar surface area (TPSA) is 60.8 Å². The molecule has 0 aromatic heterocycles. The number of likely N-dealkylation sites (N-methyl/N-ethyl adjacent to an activating group) is 1. The minimum atomic E-state index is -0.918. The van der Waals surface area contributed by atoms with E-state index in [0.29, 0.717) is 5.69 Å². The Bertz CT molecular complexity index is 376. The van der Waals surface area contributed by atoms with Crippen LogP contribution >= 0.6 is 0 Å². The molecule has 0 aliphatic heterocycles. The minimum absolute atomic E-state index is 0.0937. The highest BCUT2D eigenvalue weighted by Crippen LogP contribution is 2.28. The van der Waals surface area contributed by atoms with Gasteiger partial charge < -0.3 is 15.1 Å². The van der Waals surface area contributed by atoms with Gasteiger partial charge in [-0.3, -0.25) is 0 Å². The Morgan fingerprint density at radius 3 is 2.60 bits per heavy atom. The molecule has 1 unspecified atom stereocenters. The smallest absolute Gasteiger partial charge is 0.326 e. The number of aliphatic carboxylic acids is 1. The van der Waals surface area contributed by atoms with Gasteiger partial charge in [0.1, 0.15) is 11.8 Å². The molecular weight excluding hydrogens is 194 g/mol. The third-order valence-corrected chi connectivity index (χ3v) is 2.45. The maximum absolute atomic E-state index is 10.8. The van der Waals surface area contributed by atoms with Gasteiger partial charge in [0.05, 0.1) is 5.69 Å². The van der Waals surface area contributed by atoms with Gasteiger partial charge in [-0.2, -0.15) is 0 Å². The van der Waals surface area contributed by atoms with Crippen molar-refractivity contribution in [1.82, 2.24) is 0 Å². The maximum Gasteiger partial charge on any atom is 0.326 e. The number of carbonyl (C=O) groups is 1. The fourth-order valence-electron chi connectivity index (χ4n) is 1.29. The highest BCUT2D eigenvalue weighted by atomic mass is 16.4. The monoisotopic (exact) mass is 209 g/mol. The predicted molar refractivity (Wildman–Crippen MR) is 58.3 cm³/mol. The summed E-state index contributed by atoms with van der Waals surface area (Å²) in [7, 11) is 1.65. The number of phenolic OH excluding ortho intramolecular Hbond substituents is 1. The van der Waals surface area contributed by atoms with E-state index in [0.717, 1.165) is 5.56 Å². The number of carboxylic acid groups (broad SMARTS) is 1. The number of benzene rings is 1. The van der Waals surface area contributed by atoms with E-state index in [-0.39, 0.29) is 5.75 Å². The lowest BCUT2D eigenvalue weighted by Gasteiger charge is -2.24. The average Bonchev–Trinajstić information content (AvgIpc) is 2.19. The summed E-state index contributed by atoms with van der Waals surface area (Å²) in [4.78, 5) is 12.3. The Hall–Kier alpha value is -1.71. The van der Waals surface area contributed by atoms with Crippen LogP contribution in [-0.4, -0.2) is 29.3 Å². The Balaban J connectivity index is 3.04. The van der Waals surface area contributed by atoms with Crippen LogP contribution in [0.4, 0.5) is 5.69 Å². The van der Waals surface area contributed by atoms with Gasteiger partial charge in [0, 0.05) is 7.05 Å². The molecule has 0 saturated heterocycles. The second kappa shape index (κ2) is 4.21. The zero-order valence-corrected chi connectivity index (χ0v) is 9.06. The molecule has 0 aliphatic carbocycles. The van der Waals surface area contributed by atoms with Crippen molar-refractivity contribution in [1.29, 1.82) is 0 Å². The van der Waals surface area contributed by atoms with E-state index in [1.54, 1.807) is 32.2 Å². The molecule has 0 bridgehead atoms. The van der Waals surface area contributed by atoms with Gasteiger partial charge in [0.15, 0.2) is 0 Å². The van der Waals surface area contributed by atoms with Crippen molar-refractivity contribution >= 4 is 11.7 Å². The van der Waals surface area contributed by atoms with Crippen molar-refractivity contribution in [3.05, 3.63) is 23.8 Å². The number of carboxylic acids is 1. The van der Waals surface area contributed by atoms with Gasteiger partial charge >= 0.3 is 5.97 Å². The van der Waals surface area contributed by atoms with E-state index >= 15 is 0 Å². The van der Waals surface area contributed by atoms with Crippen molar-refractivity contribution in [2.75, 3.05) is 11.9 Å². The Morgan fingerprint density at radius 1 is 1.47 bits per heavy atom. The SMILES string of the molecule is Cc1ccc(O)c(N(C)C(C)C(=O)O)c1. The first kappa shape index (κ1) is 11.4. The first-order chi connectivity index (χ1) is 6.93. The summed E-state index contributed by atoms with van der Waals surface area (Å²) in [5, 5.41) is 18.5. The molecule has 0 spiro atoms. The Kier molecular flexibility index (Phi) is 3.19. The molecule has 4 nitrogen and oxygen atoms in total. The van der Waals surface area contributed by atoms with Crippen LogP contribution in [0.1, 0.15) is 12.5 Å². The lowest BCUT2D eigenvalue weighted by atomic mass is 10.1. The van der Waals surface area contributed by atoms with E-state index in [4.69, 9.17) is 5.11 Å². The van der Waals surface area contributed by atoms with E-state index < -0.39 is 12.0 Å². The summed E-state index contributed by atoms with van der Waals surface area (Å²) in [6, 6.07) is 4.43. The van der Waals surface area contributed by atoms with Crippen LogP contribution in [0.5, 0.6) is 5.75 Å². The van der Waals surface area contributed by atoms with Crippen molar-refractivity contribution in [2.45, 2.75) is 19.9 Å². The van der Waals surface area contributed by atoms with E-state index in [2.05, 4.69) is 0 Å². The van der Waals surface area contributed by atoms with Crippen LogP contribution in [0.15, 0.2) is 18.2 Å². The van der Waals surface area contributed by atoms with Gasteiger partial charge in [-0.1, -0.05) is 6.07 Å². The molecule has 1 rings (SSSR count). The first-order valence-corrected chi connectivity index (χ1v) is 4.68. The summed E-state index contributed by atoms with van der Waals surface area (Å²) in [5.41, 5.74) is 1.51. The molecule has 0 radical (unpaired) electrons. The van der Waals surface area contributed by atoms with Crippen LogP contribution < -0.4 is 4.90 Å². The predicted octanol–water partition coefficient (Wildman–Crippen LogP) is 1.61. The van der Waals surface area contributed by atoms with Crippen molar-refractivity contribution in [3.8, 4) is 5.75 Å². The number of rotatable bonds is 3. The molecule has 0 saturated carbocycles. The molecular formula is C11H15NO3. The van der Waals surface area contributed by atoms with Crippen LogP contribution in [0.2, 0.25) is 0 Å². The lowest BCUT2D eigenvalue weighted by molar-refractivity contribution is -0.138. The van der Waals surface area contributed by atoms with Gasteiger partial charge in [0.2, 0.25) is 0 Å². The molecule has 4 heteroatoms. The number of nitrogens with zero attached hydrogens (tertiary/aromatic N) is 1. The highest BCUT2D eigenvalue weighted by molar-refractivity contribution is 5.78. The normalized spacial score (nSPS) is 12.2. The number of hydrogen-bond acceptors (Lipinski definition) is 3. The third kappa shape index (κ3) is 2.40. The standard InChI is InChI=1S/C11H15NO3/c1-7-4-5-10(13)9(6-7)12(3)8(2)11(14)15/h4-6,8,13H,1-3H3,(H,14,15). The molecule has 0 aliphatic rings. The third-order valence-electron chi connectivity index (χ3n) is 2.45. The number of anilines is 1. The number of phenols is 1. The van der Waals surface area contributed by atoms with Crippen molar-refractivity contribution < 1.29 is 15.0 Å². The lowest BCUT2D eigenvalue weighted by Crippen LogP contribution is -2.35. The number of hydrogen-bond donors (Lipinski definition) is 2. The minimum Gasteiger partial charge on any atom is -0.506 e. The molecule has 82 valence electrons. The van der Waals surface area contributed by atoms with Crippen LogP contribution in [0, 0.1) is 6.92 Å². The fraction of sp³-hybridized carbons (Fsp3) is 0.364. The molecule has 0 heterocycles. The van der Waals surface area contributed by atoms with Gasteiger partial charge in [-0.05, 0) is 31.5 Å². The Labute approximate surface area is 88.8 Å². The fourth-order valence-corrected chi connectivity index (χ4v) is 1.29. The summed E-state index contributed by atoms with van der Waals surface area (Å²) in [6.07, 6.45) is 0. The Morgan fingerprint density at radius 2 is 2.07 bits per heavy atom. The summed E-state index contributed by atoms with van der Waals surface area (Å²) in [6.45, 7) is 3.46. The zero-order chi connectivity index (χ0) is 11.6. The van der Waals surface area contributed by atoms with E-state index in [1.807, 2.05) is 6.92 Å². The van der Waals surface area contributed by atoms with Gasteiger partial charge in [0.25, 0.3) is 0 Å². The van der Waals surface area contributed by atoms with Gasteiger partial charge in [-0.25, -0.2) is 4.79 Å². The zero-order valence-electron chi connectivity index (χ0n) is 9.06. The second-order valence-electron chi connectivity index (χ2n) is 3.62. The van der Waals surface area contributed by atoms with Gasteiger partial charge in [-0.15, -0.1) is 0 Å². The number of aromatic hydroxyl groups is 1. The van der Waals surface area contributed by atoms with Crippen LogP contribution in [0.25, 0.3) is 0 Å². The largest absolute Gasteiger partial charge is 0.506 e. The van der Waals surface area contributed by atoms with E-state index in [1.165, 1.54) is 4.90 Å². The summed E-state index contributed by atoms with van der Waals surface area (Å²) < 4.78 is 0. The second-order valence-corrected chi connectivity index (χ2v) is 3.62. The molecule has 2 N–H and O–H groups in total.